The number of hydrogen-bond donors (Lipinski definition) is 0. The maximum absolute atomic E-state index is 11.1. The molecule has 0 heterocycles. The Morgan fingerprint density at radius 1 is 1.57 bits per heavy atom. The van der Waals surface area contributed by atoms with E-state index in [0.717, 1.165) is 9.13 Å². The van der Waals surface area contributed by atoms with Crippen LogP contribution < -0.4 is 0 Å². The fourth-order valence-electron chi connectivity index (χ4n) is 1.03. The predicted octanol–water partition coefficient (Wildman–Crippen LogP) is 3.05. The van der Waals surface area contributed by atoms with Crippen molar-refractivity contribution < 1.29 is 9.53 Å². The number of esters is 1. The topological polar surface area (TPSA) is 26.3 Å². The van der Waals surface area contributed by atoms with Gasteiger partial charge < -0.3 is 4.74 Å². The molecule has 0 aliphatic carbocycles. The number of rotatable bonds is 3. The van der Waals surface area contributed by atoms with Gasteiger partial charge in [0.05, 0.1) is 18.1 Å². The second kappa shape index (κ2) is 5.56. The summed E-state index contributed by atoms with van der Waals surface area (Å²) in [5.74, 6) is -0.218. The average molecular weight is 325 g/mol. The maximum Gasteiger partial charge on any atom is 0.310 e. The summed E-state index contributed by atoms with van der Waals surface area (Å²) in [6.07, 6.45) is 0.282. The number of hydrogen-bond acceptors (Lipinski definition) is 2. The molecule has 0 atom stereocenters. The Labute approximate surface area is 102 Å². The minimum atomic E-state index is -0.218. The van der Waals surface area contributed by atoms with E-state index in [1.54, 1.807) is 13.0 Å². The van der Waals surface area contributed by atoms with Gasteiger partial charge in [-0.25, -0.2) is 0 Å². The number of carbonyl (C=O) groups is 1. The molecule has 0 saturated carbocycles. The Kier molecular flexibility index (Phi) is 4.68. The lowest BCUT2D eigenvalue weighted by atomic mass is 10.1. The SMILES string of the molecule is CCOC(=O)Cc1ccc(I)c(Cl)c1. The summed E-state index contributed by atoms with van der Waals surface area (Å²) in [5, 5.41) is 0.674. The second-order valence-corrected chi connectivity index (χ2v) is 4.30. The second-order valence-electron chi connectivity index (χ2n) is 2.73. The van der Waals surface area contributed by atoms with Crippen molar-refractivity contribution in [1.29, 1.82) is 0 Å². The zero-order chi connectivity index (χ0) is 10.6. The van der Waals surface area contributed by atoms with Gasteiger partial charge >= 0.3 is 5.97 Å². The Balaban J connectivity index is 2.68. The molecule has 0 N–H and O–H groups in total. The first kappa shape index (κ1) is 11.8. The van der Waals surface area contributed by atoms with Gasteiger partial charge in [-0.3, -0.25) is 4.79 Å². The lowest BCUT2D eigenvalue weighted by molar-refractivity contribution is -0.142. The molecule has 1 aromatic carbocycles. The van der Waals surface area contributed by atoms with Crippen LogP contribution in [-0.2, 0) is 16.0 Å². The molecule has 0 aliphatic rings. The molecule has 0 fully saturated rings. The van der Waals surface area contributed by atoms with Gasteiger partial charge in [0.15, 0.2) is 0 Å². The first-order valence-corrected chi connectivity index (χ1v) is 5.68. The molecule has 0 amide bonds. The number of ether oxygens (including phenoxy) is 1. The van der Waals surface area contributed by atoms with Crippen LogP contribution in [0.15, 0.2) is 18.2 Å². The summed E-state index contributed by atoms with van der Waals surface area (Å²) in [4.78, 5) is 11.1. The third-order valence-corrected chi connectivity index (χ3v) is 3.21. The van der Waals surface area contributed by atoms with Crippen LogP contribution in [0.1, 0.15) is 12.5 Å². The minimum Gasteiger partial charge on any atom is -0.466 e. The third kappa shape index (κ3) is 3.46. The molecule has 0 aromatic heterocycles. The molecule has 1 aromatic rings. The van der Waals surface area contributed by atoms with Crippen LogP contribution in [-0.4, -0.2) is 12.6 Å². The van der Waals surface area contributed by atoms with Gasteiger partial charge in [-0.05, 0) is 47.2 Å². The smallest absolute Gasteiger partial charge is 0.310 e. The standard InChI is InChI=1S/C10H10ClIO2/c1-2-14-10(13)6-7-3-4-9(12)8(11)5-7/h3-5H,2,6H2,1H3. The normalized spacial score (nSPS) is 9.93. The third-order valence-electron chi connectivity index (χ3n) is 1.64. The van der Waals surface area contributed by atoms with Crippen LogP contribution in [0.25, 0.3) is 0 Å². The zero-order valence-electron chi connectivity index (χ0n) is 7.72. The van der Waals surface area contributed by atoms with Crippen LogP contribution in [0.5, 0.6) is 0 Å². The first-order valence-electron chi connectivity index (χ1n) is 4.23. The highest BCUT2D eigenvalue weighted by atomic mass is 127. The fraction of sp³-hybridized carbons (Fsp3) is 0.300. The summed E-state index contributed by atoms with van der Waals surface area (Å²) in [6, 6.07) is 5.56. The molecular formula is C10H10ClIO2. The zero-order valence-corrected chi connectivity index (χ0v) is 10.6. The van der Waals surface area contributed by atoms with Gasteiger partial charge in [0.2, 0.25) is 0 Å². The van der Waals surface area contributed by atoms with Crippen LogP contribution >= 0.6 is 34.2 Å². The molecule has 1 rings (SSSR count). The van der Waals surface area contributed by atoms with Gasteiger partial charge in [0.25, 0.3) is 0 Å². The van der Waals surface area contributed by atoms with E-state index in [1.165, 1.54) is 0 Å². The van der Waals surface area contributed by atoms with Gasteiger partial charge in [0.1, 0.15) is 0 Å². The van der Waals surface area contributed by atoms with Crippen molar-refractivity contribution in [2.75, 3.05) is 6.61 Å². The molecule has 76 valence electrons. The molecule has 4 heteroatoms. The molecule has 14 heavy (non-hydrogen) atoms. The molecule has 0 saturated heterocycles. The molecule has 0 bridgehead atoms. The van der Waals surface area contributed by atoms with E-state index < -0.39 is 0 Å². The van der Waals surface area contributed by atoms with Crippen LogP contribution in [0.4, 0.5) is 0 Å². The summed E-state index contributed by atoms with van der Waals surface area (Å²) in [7, 11) is 0. The summed E-state index contributed by atoms with van der Waals surface area (Å²) < 4.78 is 5.82. The molecule has 0 radical (unpaired) electrons. The lowest BCUT2D eigenvalue weighted by Gasteiger charge is -2.03. The molecular weight excluding hydrogens is 314 g/mol. The molecule has 0 spiro atoms. The predicted molar refractivity (Wildman–Crippen MR) is 64.5 cm³/mol. The largest absolute Gasteiger partial charge is 0.466 e. The van der Waals surface area contributed by atoms with E-state index in [4.69, 9.17) is 16.3 Å². The van der Waals surface area contributed by atoms with Gasteiger partial charge in [0, 0.05) is 3.57 Å². The summed E-state index contributed by atoms with van der Waals surface area (Å²) in [6.45, 7) is 2.20. The summed E-state index contributed by atoms with van der Waals surface area (Å²) >= 11 is 8.06. The van der Waals surface area contributed by atoms with Crippen molar-refractivity contribution in [3.63, 3.8) is 0 Å². The highest BCUT2D eigenvalue weighted by Crippen LogP contribution is 2.19. The number of carbonyl (C=O) groups excluding carboxylic acids is 1. The summed E-state index contributed by atoms with van der Waals surface area (Å²) in [5.41, 5.74) is 0.883. The van der Waals surface area contributed by atoms with Crippen molar-refractivity contribution in [2.45, 2.75) is 13.3 Å². The van der Waals surface area contributed by atoms with Crippen LogP contribution in [0.2, 0.25) is 5.02 Å². The van der Waals surface area contributed by atoms with Crippen LogP contribution in [0, 0.1) is 3.57 Å². The minimum absolute atomic E-state index is 0.218. The van der Waals surface area contributed by atoms with Gasteiger partial charge in [-0.2, -0.15) is 0 Å². The highest BCUT2D eigenvalue weighted by molar-refractivity contribution is 14.1. The van der Waals surface area contributed by atoms with E-state index in [-0.39, 0.29) is 12.4 Å². The van der Waals surface area contributed by atoms with E-state index in [0.29, 0.717) is 11.6 Å². The lowest BCUT2D eigenvalue weighted by Crippen LogP contribution is -2.07. The van der Waals surface area contributed by atoms with Crippen molar-refractivity contribution in [3.8, 4) is 0 Å². The van der Waals surface area contributed by atoms with Gasteiger partial charge in [-0.15, -0.1) is 0 Å². The Morgan fingerprint density at radius 2 is 2.29 bits per heavy atom. The van der Waals surface area contributed by atoms with Crippen molar-refractivity contribution in [3.05, 3.63) is 32.4 Å². The number of halogens is 2. The maximum atomic E-state index is 11.1. The average Bonchev–Trinajstić information content (AvgIpc) is 2.12. The fourth-order valence-corrected chi connectivity index (χ4v) is 1.57. The quantitative estimate of drug-likeness (QED) is 0.631. The Hall–Kier alpha value is -0.290. The monoisotopic (exact) mass is 324 g/mol. The van der Waals surface area contributed by atoms with E-state index in [2.05, 4.69) is 22.6 Å². The first-order chi connectivity index (χ1) is 6.63. The van der Waals surface area contributed by atoms with Crippen molar-refractivity contribution in [1.82, 2.24) is 0 Å². The van der Waals surface area contributed by atoms with Crippen molar-refractivity contribution >= 4 is 40.2 Å². The molecule has 0 aliphatic heterocycles. The van der Waals surface area contributed by atoms with E-state index >= 15 is 0 Å². The Bertz CT molecular complexity index is 339. The Morgan fingerprint density at radius 3 is 2.86 bits per heavy atom. The van der Waals surface area contributed by atoms with Crippen molar-refractivity contribution in [2.24, 2.45) is 0 Å². The van der Waals surface area contributed by atoms with Crippen LogP contribution in [0.3, 0.4) is 0 Å². The molecule has 0 unspecified atom stereocenters. The molecule has 2 nitrogen and oxygen atoms in total. The number of benzene rings is 1. The highest BCUT2D eigenvalue weighted by Gasteiger charge is 2.05. The van der Waals surface area contributed by atoms with E-state index in [1.807, 2.05) is 12.1 Å². The van der Waals surface area contributed by atoms with Gasteiger partial charge in [-0.1, -0.05) is 17.7 Å². The van der Waals surface area contributed by atoms with E-state index in [9.17, 15) is 4.79 Å².